The van der Waals surface area contributed by atoms with Crippen LogP contribution in [0.15, 0.2) is 40.9 Å². The first kappa shape index (κ1) is 13.8. The number of hydrogen-bond acceptors (Lipinski definition) is 0. The predicted molar refractivity (Wildman–Crippen MR) is 73.2 cm³/mol. The van der Waals surface area contributed by atoms with Crippen LogP contribution in [0.5, 0.6) is 0 Å². The molecule has 0 aromatic heterocycles. The summed E-state index contributed by atoms with van der Waals surface area (Å²) in [7, 11) is 0. The van der Waals surface area contributed by atoms with Crippen LogP contribution in [0.4, 0.5) is 8.78 Å². The van der Waals surface area contributed by atoms with Crippen molar-refractivity contribution in [2.75, 3.05) is 0 Å². The Labute approximate surface area is 122 Å². The van der Waals surface area contributed by atoms with Crippen molar-refractivity contribution in [3.8, 4) is 0 Å². The summed E-state index contributed by atoms with van der Waals surface area (Å²) in [6.45, 7) is 0. The van der Waals surface area contributed by atoms with Crippen molar-refractivity contribution in [1.29, 1.82) is 0 Å². The van der Waals surface area contributed by atoms with E-state index in [9.17, 15) is 8.78 Å². The van der Waals surface area contributed by atoms with Gasteiger partial charge in [0.2, 0.25) is 0 Å². The smallest absolute Gasteiger partial charge is 0.160 e. The van der Waals surface area contributed by atoms with Gasteiger partial charge in [-0.15, -0.1) is 11.6 Å². The van der Waals surface area contributed by atoms with Crippen LogP contribution in [0.3, 0.4) is 0 Å². The molecule has 0 nitrogen and oxygen atoms in total. The average Bonchev–Trinajstić information content (AvgIpc) is 2.33. The van der Waals surface area contributed by atoms with E-state index in [-0.39, 0.29) is 5.02 Å². The maximum Gasteiger partial charge on any atom is 0.160 e. The zero-order valence-electron chi connectivity index (χ0n) is 8.93. The molecule has 94 valence electrons. The van der Waals surface area contributed by atoms with Crippen LogP contribution in [-0.2, 0) is 0 Å². The molecule has 0 amide bonds. The first-order valence-corrected chi connectivity index (χ1v) is 6.63. The second-order valence-electron chi connectivity index (χ2n) is 3.71. The van der Waals surface area contributed by atoms with Gasteiger partial charge < -0.3 is 0 Å². The van der Waals surface area contributed by atoms with Gasteiger partial charge in [-0.05, 0) is 35.4 Å². The van der Waals surface area contributed by atoms with E-state index in [1.807, 2.05) is 12.1 Å². The van der Waals surface area contributed by atoms with Gasteiger partial charge in [0.25, 0.3) is 0 Å². The zero-order chi connectivity index (χ0) is 13.3. The summed E-state index contributed by atoms with van der Waals surface area (Å²) >= 11 is 15.4. The van der Waals surface area contributed by atoms with Gasteiger partial charge in [-0.2, -0.15) is 0 Å². The van der Waals surface area contributed by atoms with Crippen molar-refractivity contribution in [3.05, 3.63) is 68.7 Å². The second kappa shape index (κ2) is 5.55. The Morgan fingerprint density at radius 1 is 1.06 bits per heavy atom. The predicted octanol–water partition coefficient (Wildman–Crippen LogP) is 5.71. The number of benzene rings is 2. The quantitative estimate of drug-likeness (QED) is 0.480. The molecule has 2 aromatic rings. The topological polar surface area (TPSA) is 0 Å². The third-order valence-corrected chi connectivity index (χ3v) is 3.76. The van der Waals surface area contributed by atoms with Gasteiger partial charge in [0.05, 0.1) is 5.38 Å². The summed E-state index contributed by atoms with van der Waals surface area (Å²) in [6.07, 6.45) is 0. The lowest BCUT2D eigenvalue weighted by Crippen LogP contribution is -1.97. The van der Waals surface area contributed by atoms with Crippen LogP contribution in [-0.4, -0.2) is 0 Å². The molecule has 0 aliphatic carbocycles. The molecular weight excluding hydrogens is 345 g/mol. The van der Waals surface area contributed by atoms with Gasteiger partial charge in [-0.3, -0.25) is 0 Å². The van der Waals surface area contributed by atoms with Crippen molar-refractivity contribution >= 4 is 39.1 Å². The van der Waals surface area contributed by atoms with Crippen LogP contribution >= 0.6 is 39.1 Å². The molecule has 0 bridgehead atoms. The molecule has 1 unspecified atom stereocenters. The van der Waals surface area contributed by atoms with Crippen LogP contribution in [0, 0.1) is 11.6 Å². The molecule has 0 saturated carbocycles. The summed E-state index contributed by atoms with van der Waals surface area (Å²) in [5.74, 6) is -1.95. The molecule has 0 aliphatic rings. The Morgan fingerprint density at radius 3 is 2.39 bits per heavy atom. The highest BCUT2D eigenvalue weighted by atomic mass is 79.9. The Kier molecular flexibility index (Phi) is 4.25. The van der Waals surface area contributed by atoms with Gasteiger partial charge >= 0.3 is 0 Å². The average molecular weight is 352 g/mol. The maximum absolute atomic E-state index is 13.2. The van der Waals surface area contributed by atoms with Crippen LogP contribution < -0.4 is 0 Å². The van der Waals surface area contributed by atoms with Crippen LogP contribution in [0.2, 0.25) is 5.02 Å². The molecule has 0 radical (unpaired) electrons. The lowest BCUT2D eigenvalue weighted by atomic mass is 10.0. The number of alkyl halides is 1. The van der Waals surface area contributed by atoms with Crippen LogP contribution in [0.25, 0.3) is 0 Å². The molecule has 1 atom stereocenters. The highest BCUT2D eigenvalue weighted by molar-refractivity contribution is 9.10. The van der Waals surface area contributed by atoms with E-state index in [1.165, 1.54) is 0 Å². The SMILES string of the molecule is Fc1cc(Cl)c(C(Cl)c2cccc(Br)c2)cc1F. The minimum atomic E-state index is -0.984. The van der Waals surface area contributed by atoms with Crippen molar-refractivity contribution in [2.45, 2.75) is 5.38 Å². The van der Waals surface area contributed by atoms with E-state index in [0.717, 1.165) is 22.2 Å². The molecule has 2 rings (SSSR count). The van der Waals surface area contributed by atoms with Gasteiger partial charge in [0, 0.05) is 9.50 Å². The van der Waals surface area contributed by atoms with E-state index in [4.69, 9.17) is 23.2 Å². The first-order valence-electron chi connectivity index (χ1n) is 5.03. The van der Waals surface area contributed by atoms with Crippen molar-refractivity contribution in [3.63, 3.8) is 0 Å². The molecule has 0 N–H and O–H groups in total. The molecule has 0 saturated heterocycles. The van der Waals surface area contributed by atoms with Gasteiger partial charge in [-0.1, -0.05) is 39.7 Å². The minimum Gasteiger partial charge on any atom is -0.204 e. The van der Waals surface area contributed by atoms with Crippen molar-refractivity contribution in [2.24, 2.45) is 0 Å². The van der Waals surface area contributed by atoms with E-state index in [1.54, 1.807) is 12.1 Å². The molecule has 0 aliphatic heterocycles. The molecule has 0 spiro atoms. The van der Waals surface area contributed by atoms with E-state index in [2.05, 4.69) is 15.9 Å². The van der Waals surface area contributed by atoms with E-state index in [0.29, 0.717) is 5.56 Å². The van der Waals surface area contributed by atoms with E-state index >= 15 is 0 Å². The van der Waals surface area contributed by atoms with Gasteiger partial charge in [0.15, 0.2) is 11.6 Å². The monoisotopic (exact) mass is 350 g/mol. The normalized spacial score (nSPS) is 12.5. The Hall–Kier alpha value is -0.640. The Bertz CT molecular complexity index is 587. The summed E-state index contributed by atoms with van der Waals surface area (Å²) in [6, 6.07) is 9.20. The Balaban J connectivity index is 2.46. The maximum atomic E-state index is 13.2. The summed E-state index contributed by atoms with van der Waals surface area (Å²) in [5.41, 5.74) is 1.09. The molecule has 2 aromatic carbocycles. The molecule has 0 heterocycles. The third kappa shape index (κ3) is 2.85. The van der Waals surface area contributed by atoms with Gasteiger partial charge in [-0.25, -0.2) is 8.78 Å². The highest BCUT2D eigenvalue weighted by Gasteiger charge is 2.17. The second-order valence-corrected chi connectivity index (χ2v) is 5.46. The number of hydrogen-bond donors (Lipinski definition) is 0. The molecular formula is C13H7BrCl2F2. The molecule has 5 heteroatoms. The summed E-state index contributed by atoms with van der Waals surface area (Å²) < 4.78 is 27.0. The molecule has 0 fully saturated rings. The number of rotatable bonds is 2. The minimum absolute atomic E-state index is 0.105. The highest BCUT2D eigenvalue weighted by Crippen LogP contribution is 2.35. The fraction of sp³-hybridized carbons (Fsp3) is 0.0769. The fourth-order valence-electron chi connectivity index (χ4n) is 1.58. The van der Waals surface area contributed by atoms with Gasteiger partial charge in [0.1, 0.15) is 0 Å². The lowest BCUT2D eigenvalue weighted by Gasteiger charge is -2.13. The fourth-order valence-corrected chi connectivity index (χ4v) is 2.62. The van der Waals surface area contributed by atoms with Crippen molar-refractivity contribution < 1.29 is 8.78 Å². The first-order chi connectivity index (χ1) is 8.49. The largest absolute Gasteiger partial charge is 0.204 e. The number of halogens is 5. The summed E-state index contributed by atoms with van der Waals surface area (Å²) in [5, 5.41) is -0.529. The standard InChI is InChI=1S/C13H7BrCl2F2/c14-8-3-1-2-7(4-8)13(16)9-5-11(17)12(18)6-10(9)15/h1-6,13H. The van der Waals surface area contributed by atoms with E-state index < -0.39 is 17.0 Å². The zero-order valence-corrected chi connectivity index (χ0v) is 12.0. The van der Waals surface area contributed by atoms with Crippen LogP contribution in [0.1, 0.15) is 16.5 Å². The Morgan fingerprint density at radius 2 is 1.72 bits per heavy atom. The third-order valence-electron chi connectivity index (χ3n) is 2.45. The van der Waals surface area contributed by atoms with Crippen molar-refractivity contribution in [1.82, 2.24) is 0 Å². The molecule has 18 heavy (non-hydrogen) atoms. The lowest BCUT2D eigenvalue weighted by molar-refractivity contribution is 0.507. The summed E-state index contributed by atoms with van der Waals surface area (Å²) in [4.78, 5) is 0.